The number of rotatable bonds is 5. The maximum Gasteiger partial charge on any atom is 0.263 e. The normalized spacial score (nSPS) is 15.2. The first kappa shape index (κ1) is 19.6. The summed E-state index contributed by atoms with van der Waals surface area (Å²) in [5, 5.41) is 0.713. The highest BCUT2D eigenvalue weighted by molar-refractivity contribution is 9.10. The van der Waals surface area contributed by atoms with Crippen molar-refractivity contribution < 1.29 is 13.9 Å². The van der Waals surface area contributed by atoms with Gasteiger partial charge in [-0.05, 0) is 38.1 Å². The third-order valence-corrected chi connectivity index (χ3v) is 6.36. The average Bonchev–Trinajstić information content (AvgIpc) is 3.24. The van der Waals surface area contributed by atoms with Crippen molar-refractivity contribution in [3.05, 3.63) is 45.8 Å². The van der Waals surface area contributed by atoms with Crippen LogP contribution in [0.5, 0.6) is 0 Å². The number of thiazole rings is 1. The van der Waals surface area contributed by atoms with E-state index in [0.717, 1.165) is 53.3 Å². The van der Waals surface area contributed by atoms with Crippen molar-refractivity contribution in [3.63, 3.8) is 0 Å². The second-order valence-electron chi connectivity index (χ2n) is 6.85. The van der Waals surface area contributed by atoms with Crippen molar-refractivity contribution in [2.24, 2.45) is 0 Å². The summed E-state index contributed by atoms with van der Waals surface area (Å²) >= 11 is 5.04. The summed E-state index contributed by atoms with van der Waals surface area (Å²) in [6.45, 7) is 8.30. The minimum atomic E-state index is -0.0688. The average molecular weight is 464 g/mol. The van der Waals surface area contributed by atoms with Crippen molar-refractivity contribution >= 4 is 48.5 Å². The van der Waals surface area contributed by atoms with Gasteiger partial charge in [0.1, 0.15) is 11.5 Å². The summed E-state index contributed by atoms with van der Waals surface area (Å²) in [5.41, 5.74) is 1.49. The highest BCUT2D eigenvalue weighted by Gasteiger charge is 2.25. The highest BCUT2D eigenvalue weighted by Crippen LogP contribution is 2.32. The molecule has 0 atom stereocenters. The first-order chi connectivity index (χ1) is 13.5. The van der Waals surface area contributed by atoms with Crippen LogP contribution in [0.2, 0.25) is 0 Å². The molecule has 0 radical (unpaired) electrons. The molecule has 8 heteroatoms. The number of aryl methyl sites for hydroxylation is 2. The van der Waals surface area contributed by atoms with Crippen LogP contribution in [-0.2, 0) is 4.74 Å². The number of aromatic nitrogens is 1. The van der Waals surface area contributed by atoms with Crippen LogP contribution in [0.1, 0.15) is 21.9 Å². The smallest absolute Gasteiger partial charge is 0.263 e. The number of nitrogens with zero attached hydrogens (tertiary/aromatic N) is 3. The second-order valence-corrected chi connectivity index (χ2v) is 8.77. The van der Waals surface area contributed by atoms with Gasteiger partial charge in [0.2, 0.25) is 0 Å². The van der Waals surface area contributed by atoms with Gasteiger partial charge in [0.15, 0.2) is 5.13 Å². The molecule has 1 fully saturated rings. The topological polar surface area (TPSA) is 58.8 Å². The molecule has 0 saturated carbocycles. The Morgan fingerprint density at radius 1 is 1.29 bits per heavy atom. The summed E-state index contributed by atoms with van der Waals surface area (Å²) in [7, 11) is 0. The van der Waals surface area contributed by atoms with Gasteiger partial charge in [-0.3, -0.25) is 14.6 Å². The third-order valence-electron chi connectivity index (χ3n) is 4.83. The standard InChI is InChI=1S/C20H22BrN3O3S/c1-13-11-16(14(2)27-13)19(25)24(6-5-23-7-9-26-10-8-23)20-22-17-4-3-15(21)12-18(17)28-20/h3-4,11-12H,5-10H2,1-2H3. The number of carbonyl (C=O) groups is 1. The quantitative estimate of drug-likeness (QED) is 0.565. The molecule has 4 rings (SSSR count). The summed E-state index contributed by atoms with van der Waals surface area (Å²) in [4.78, 5) is 22.2. The number of carbonyl (C=O) groups excluding carboxylic acids is 1. The van der Waals surface area contributed by atoms with E-state index in [1.165, 1.54) is 11.3 Å². The van der Waals surface area contributed by atoms with Crippen molar-refractivity contribution in [1.29, 1.82) is 0 Å². The number of halogens is 1. The number of hydrogen-bond acceptors (Lipinski definition) is 6. The highest BCUT2D eigenvalue weighted by atomic mass is 79.9. The Hall–Kier alpha value is -1.74. The van der Waals surface area contributed by atoms with Crippen LogP contribution < -0.4 is 4.90 Å². The predicted molar refractivity (Wildman–Crippen MR) is 114 cm³/mol. The molecule has 0 aliphatic carbocycles. The lowest BCUT2D eigenvalue weighted by Gasteiger charge is -2.29. The van der Waals surface area contributed by atoms with Crippen LogP contribution in [0, 0.1) is 13.8 Å². The van der Waals surface area contributed by atoms with Crippen molar-refractivity contribution in [2.45, 2.75) is 13.8 Å². The Balaban J connectivity index is 1.64. The summed E-state index contributed by atoms with van der Waals surface area (Å²) in [6.07, 6.45) is 0. The molecule has 1 aromatic carbocycles. The molecule has 1 aliphatic heterocycles. The van der Waals surface area contributed by atoms with Gasteiger partial charge in [-0.25, -0.2) is 4.98 Å². The minimum absolute atomic E-state index is 0.0688. The Kier molecular flexibility index (Phi) is 5.82. The van der Waals surface area contributed by atoms with E-state index in [0.29, 0.717) is 23.0 Å². The van der Waals surface area contributed by atoms with Crippen LogP contribution in [0.25, 0.3) is 10.2 Å². The van der Waals surface area contributed by atoms with E-state index in [1.54, 1.807) is 4.90 Å². The lowest BCUT2D eigenvalue weighted by molar-refractivity contribution is 0.0391. The van der Waals surface area contributed by atoms with E-state index < -0.39 is 0 Å². The fourth-order valence-corrected chi connectivity index (χ4v) is 4.88. The maximum absolute atomic E-state index is 13.4. The van der Waals surface area contributed by atoms with Gasteiger partial charge in [0.05, 0.1) is 29.0 Å². The van der Waals surface area contributed by atoms with Gasteiger partial charge in [-0.1, -0.05) is 27.3 Å². The zero-order valence-electron chi connectivity index (χ0n) is 15.9. The summed E-state index contributed by atoms with van der Waals surface area (Å²) < 4.78 is 13.1. The number of fused-ring (bicyclic) bond motifs is 1. The van der Waals surface area contributed by atoms with E-state index in [-0.39, 0.29) is 5.91 Å². The van der Waals surface area contributed by atoms with E-state index in [1.807, 2.05) is 38.1 Å². The van der Waals surface area contributed by atoms with Crippen LogP contribution in [0.4, 0.5) is 5.13 Å². The molecule has 3 heterocycles. The van der Waals surface area contributed by atoms with E-state index in [4.69, 9.17) is 14.1 Å². The predicted octanol–water partition coefficient (Wildman–Crippen LogP) is 4.25. The Morgan fingerprint density at radius 2 is 2.07 bits per heavy atom. The SMILES string of the molecule is Cc1cc(C(=O)N(CCN2CCOCC2)c2nc3ccc(Br)cc3s2)c(C)o1. The van der Waals surface area contributed by atoms with Crippen molar-refractivity contribution in [1.82, 2.24) is 9.88 Å². The fourth-order valence-electron chi connectivity index (χ4n) is 3.34. The third kappa shape index (κ3) is 4.15. The van der Waals surface area contributed by atoms with Crippen molar-refractivity contribution in [3.8, 4) is 0 Å². The number of amides is 1. The second kappa shape index (κ2) is 8.32. The maximum atomic E-state index is 13.4. The lowest BCUT2D eigenvalue weighted by atomic mass is 10.2. The molecule has 1 amide bonds. The molecule has 6 nitrogen and oxygen atoms in total. The number of morpholine rings is 1. The fraction of sp³-hybridized carbons (Fsp3) is 0.400. The van der Waals surface area contributed by atoms with E-state index in [2.05, 4.69) is 20.8 Å². The first-order valence-electron chi connectivity index (χ1n) is 9.26. The van der Waals surface area contributed by atoms with Gasteiger partial charge in [0, 0.05) is 30.7 Å². The number of hydrogen-bond donors (Lipinski definition) is 0. The zero-order chi connectivity index (χ0) is 19.7. The molecule has 0 N–H and O–H groups in total. The molecular formula is C20H22BrN3O3S. The van der Waals surface area contributed by atoms with Crippen LogP contribution in [0.15, 0.2) is 33.2 Å². The monoisotopic (exact) mass is 463 g/mol. The molecular weight excluding hydrogens is 442 g/mol. The molecule has 0 unspecified atom stereocenters. The van der Waals surface area contributed by atoms with Gasteiger partial charge in [-0.15, -0.1) is 0 Å². The van der Waals surface area contributed by atoms with Crippen LogP contribution >= 0.6 is 27.3 Å². The Bertz CT molecular complexity index is 994. The minimum Gasteiger partial charge on any atom is -0.466 e. The molecule has 28 heavy (non-hydrogen) atoms. The number of anilines is 1. The molecule has 1 aliphatic rings. The first-order valence-corrected chi connectivity index (χ1v) is 10.9. The number of benzene rings is 1. The molecule has 0 spiro atoms. The Labute approximate surface area is 176 Å². The molecule has 2 aromatic heterocycles. The van der Waals surface area contributed by atoms with E-state index >= 15 is 0 Å². The molecule has 148 valence electrons. The Morgan fingerprint density at radius 3 is 2.79 bits per heavy atom. The van der Waals surface area contributed by atoms with Crippen molar-refractivity contribution in [2.75, 3.05) is 44.3 Å². The summed E-state index contributed by atoms with van der Waals surface area (Å²) in [5.74, 6) is 1.31. The molecule has 0 bridgehead atoms. The number of furan rings is 1. The lowest BCUT2D eigenvalue weighted by Crippen LogP contribution is -2.43. The van der Waals surface area contributed by atoms with Crippen LogP contribution in [0.3, 0.4) is 0 Å². The van der Waals surface area contributed by atoms with Gasteiger partial charge >= 0.3 is 0 Å². The van der Waals surface area contributed by atoms with Crippen LogP contribution in [-0.4, -0.2) is 55.2 Å². The summed E-state index contributed by atoms with van der Waals surface area (Å²) in [6, 6.07) is 7.78. The van der Waals surface area contributed by atoms with Gasteiger partial charge in [0.25, 0.3) is 5.91 Å². The number of ether oxygens (including phenoxy) is 1. The largest absolute Gasteiger partial charge is 0.466 e. The van der Waals surface area contributed by atoms with Gasteiger partial charge < -0.3 is 9.15 Å². The molecule has 3 aromatic rings. The van der Waals surface area contributed by atoms with Gasteiger partial charge in [-0.2, -0.15) is 0 Å². The zero-order valence-corrected chi connectivity index (χ0v) is 18.3. The van der Waals surface area contributed by atoms with E-state index in [9.17, 15) is 4.79 Å². The molecule has 1 saturated heterocycles.